The number of hydrogen-bond donors (Lipinski definition) is 1. The first kappa shape index (κ1) is 15.1. The first-order chi connectivity index (χ1) is 11.2. The van der Waals surface area contributed by atoms with E-state index >= 15 is 0 Å². The standard InChI is InChI=1S/C18H18N2O3/c1-3-22-18-13(7-6-10-19-18)11-20-17(21)16-12(2)14-8-4-5-9-15(14)23-16/h4-10H,3,11H2,1-2H3,(H,20,21). The molecule has 0 radical (unpaired) electrons. The first-order valence-corrected chi connectivity index (χ1v) is 7.53. The number of carbonyl (C=O) groups is 1. The SMILES string of the molecule is CCOc1ncccc1CNC(=O)c1oc2ccccc2c1C. The third-order valence-corrected chi connectivity index (χ3v) is 3.62. The van der Waals surface area contributed by atoms with Crippen LogP contribution in [0.25, 0.3) is 11.0 Å². The summed E-state index contributed by atoms with van der Waals surface area (Å²) >= 11 is 0. The van der Waals surface area contributed by atoms with Crippen molar-refractivity contribution in [2.45, 2.75) is 20.4 Å². The van der Waals surface area contributed by atoms with Crippen molar-refractivity contribution in [3.63, 3.8) is 0 Å². The van der Waals surface area contributed by atoms with Gasteiger partial charge in [-0.2, -0.15) is 0 Å². The summed E-state index contributed by atoms with van der Waals surface area (Å²) < 4.78 is 11.1. The van der Waals surface area contributed by atoms with Crippen LogP contribution >= 0.6 is 0 Å². The van der Waals surface area contributed by atoms with Gasteiger partial charge in [-0.1, -0.05) is 24.3 Å². The number of furan rings is 1. The minimum atomic E-state index is -0.245. The van der Waals surface area contributed by atoms with Crippen molar-refractivity contribution in [2.24, 2.45) is 0 Å². The van der Waals surface area contributed by atoms with Crippen LogP contribution in [0.2, 0.25) is 0 Å². The number of aryl methyl sites for hydroxylation is 1. The molecule has 0 aliphatic carbocycles. The molecule has 23 heavy (non-hydrogen) atoms. The summed E-state index contributed by atoms with van der Waals surface area (Å²) in [5, 5.41) is 3.82. The number of aromatic nitrogens is 1. The second-order valence-corrected chi connectivity index (χ2v) is 5.14. The summed E-state index contributed by atoms with van der Waals surface area (Å²) in [4.78, 5) is 16.6. The lowest BCUT2D eigenvalue weighted by Gasteiger charge is -2.09. The first-order valence-electron chi connectivity index (χ1n) is 7.53. The Bertz CT molecular complexity index is 839. The van der Waals surface area contributed by atoms with Gasteiger partial charge in [0.1, 0.15) is 5.58 Å². The third-order valence-electron chi connectivity index (χ3n) is 3.62. The zero-order valence-electron chi connectivity index (χ0n) is 13.1. The van der Waals surface area contributed by atoms with E-state index in [2.05, 4.69) is 10.3 Å². The van der Waals surface area contributed by atoms with Crippen molar-refractivity contribution in [1.82, 2.24) is 10.3 Å². The number of ether oxygens (including phenoxy) is 1. The Hall–Kier alpha value is -2.82. The van der Waals surface area contributed by atoms with E-state index in [4.69, 9.17) is 9.15 Å². The zero-order chi connectivity index (χ0) is 16.2. The van der Waals surface area contributed by atoms with Crippen LogP contribution in [0.3, 0.4) is 0 Å². The van der Waals surface area contributed by atoms with Crippen LogP contribution in [-0.2, 0) is 6.54 Å². The van der Waals surface area contributed by atoms with Crippen molar-refractivity contribution in [1.29, 1.82) is 0 Å². The highest BCUT2D eigenvalue weighted by Crippen LogP contribution is 2.25. The molecule has 2 aromatic heterocycles. The van der Waals surface area contributed by atoms with E-state index in [1.54, 1.807) is 6.20 Å². The van der Waals surface area contributed by atoms with Crippen LogP contribution in [0.4, 0.5) is 0 Å². The summed E-state index contributed by atoms with van der Waals surface area (Å²) in [6.45, 7) is 4.64. The molecule has 0 atom stereocenters. The van der Waals surface area contributed by atoms with Gasteiger partial charge in [0, 0.05) is 29.3 Å². The van der Waals surface area contributed by atoms with E-state index in [0.717, 1.165) is 16.5 Å². The molecule has 5 nitrogen and oxygen atoms in total. The van der Waals surface area contributed by atoms with Gasteiger partial charge < -0.3 is 14.5 Å². The molecule has 0 aliphatic rings. The van der Waals surface area contributed by atoms with E-state index in [-0.39, 0.29) is 5.91 Å². The molecule has 0 spiro atoms. The third kappa shape index (κ3) is 3.04. The quantitative estimate of drug-likeness (QED) is 0.784. The molecule has 3 aromatic rings. The van der Waals surface area contributed by atoms with Crippen LogP contribution in [0, 0.1) is 6.92 Å². The number of hydrogen-bond acceptors (Lipinski definition) is 4. The molecule has 0 saturated heterocycles. The van der Waals surface area contributed by atoms with Crippen molar-refractivity contribution in [3.8, 4) is 5.88 Å². The second kappa shape index (κ2) is 6.52. The van der Waals surface area contributed by atoms with Crippen LogP contribution in [0.5, 0.6) is 5.88 Å². The van der Waals surface area contributed by atoms with Crippen molar-refractivity contribution >= 4 is 16.9 Å². The Morgan fingerprint density at radius 3 is 2.87 bits per heavy atom. The van der Waals surface area contributed by atoms with Crippen LogP contribution < -0.4 is 10.1 Å². The van der Waals surface area contributed by atoms with E-state index in [1.807, 2.05) is 50.2 Å². The summed E-state index contributed by atoms with van der Waals surface area (Å²) in [6.07, 6.45) is 1.67. The molecule has 0 aliphatic heterocycles. The maximum Gasteiger partial charge on any atom is 0.287 e. The summed E-state index contributed by atoms with van der Waals surface area (Å²) in [7, 11) is 0. The Morgan fingerprint density at radius 1 is 1.26 bits per heavy atom. The van der Waals surface area contributed by atoms with Gasteiger partial charge in [-0.15, -0.1) is 0 Å². The van der Waals surface area contributed by atoms with Gasteiger partial charge in [-0.3, -0.25) is 4.79 Å². The number of nitrogens with one attached hydrogen (secondary N) is 1. The van der Waals surface area contributed by atoms with Crippen molar-refractivity contribution < 1.29 is 13.9 Å². The number of pyridine rings is 1. The fourth-order valence-corrected chi connectivity index (χ4v) is 2.47. The Balaban J connectivity index is 1.78. The largest absolute Gasteiger partial charge is 0.478 e. The van der Waals surface area contributed by atoms with Gasteiger partial charge in [0.2, 0.25) is 5.88 Å². The van der Waals surface area contributed by atoms with Gasteiger partial charge in [0.25, 0.3) is 5.91 Å². The Kier molecular flexibility index (Phi) is 4.28. The van der Waals surface area contributed by atoms with Crippen LogP contribution in [0.1, 0.15) is 28.6 Å². The van der Waals surface area contributed by atoms with E-state index in [0.29, 0.717) is 30.4 Å². The zero-order valence-corrected chi connectivity index (χ0v) is 13.1. The monoisotopic (exact) mass is 310 g/mol. The molecule has 0 unspecified atom stereocenters. The van der Waals surface area contributed by atoms with E-state index in [9.17, 15) is 4.79 Å². The van der Waals surface area contributed by atoms with Gasteiger partial charge in [-0.25, -0.2) is 4.98 Å². The van der Waals surface area contributed by atoms with Gasteiger partial charge in [0.15, 0.2) is 5.76 Å². The predicted molar refractivity (Wildman–Crippen MR) is 87.5 cm³/mol. The topological polar surface area (TPSA) is 64.4 Å². The van der Waals surface area contributed by atoms with Crippen molar-refractivity contribution in [2.75, 3.05) is 6.61 Å². The summed E-state index contributed by atoms with van der Waals surface area (Å²) in [6, 6.07) is 11.3. The Morgan fingerprint density at radius 2 is 2.09 bits per heavy atom. The Labute approximate surface area is 134 Å². The number of carbonyl (C=O) groups excluding carboxylic acids is 1. The summed E-state index contributed by atoms with van der Waals surface area (Å²) in [5.41, 5.74) is 2.39. The number of rotatable bonds is 5. The molecular formula is C18H18N2O3. The molecule has 0 bridgehead atoms. The van der Waals surface area contributed by atoms with Crippen molar-refractivity contribution in [3.05, 3.63) is 59.5 Å². The fraction of sp³-hybridized carbons (Fsp3) is 0.222. The average molecular weight is 310 g/mol. The number of nitrogens with zero attached hydrogens (tertiary/aromatic N) is 1. The molecule has 1 amide bonds. The predicted octanol–water partition coefficient (Wildman–Crippen LogP) is 3.46. The molecule has 5 heteroatoms. The number of amides is 1. The van der Waals surface area contributed by atoms with E-state index in [1.165, 1.54) is 0 Å². The lowest BCUT2D eigenvalue weighted by Crippen LogP contribution is -2.23. The number of para-hydroxylation sites is 1. The molecule has 0 fully saturated rings. The minimum Gasteiger partial charge on any atom is -0.478 e. The minimum absolute atomic E-state index is 0.245. The van der Waals surface area contributed by atoms with Gasteiger partial charge in [-0.05, 0) is 26.0 Å². The highest BCUT2D eigenvalue weighted by atomic mass is 16.5. The highest BCUT2D eigenvalue weighted by Gasteiger charge is 2.17. The molecule has 1 aromatic carbocycles. The summed E-state index contributed by atoms with van der Waals surface area (Å²) in [5.74, 6) is 0.634. The normalized spacial score (nSPS) is 10.7. The van der Waals surface area contributed by atoms with Gasteiger partial charge >= 0.3 is 0 Å². The molecule has 3 rings (SSSR count). The smallest absolute Gasteiger partial charge is 0.287 e. The maximum atomic E-state index is 12.4. The molecule has 0 saturated carbocycles. The highest BCUT2D eigenvalue weighted by molar-refractivity contribution is 5.98. The average Bonchev–Trinajstić information content (AvgIpc) is 2.91. The molecule has 2 heterocycles. The maximum absolute atomic E-state index is 12.4. The number of benzene rings is 1. The van der Waals surface area contributed by atoms with Crippen LogP contribution in [0.15, 0.2) is 47.0 Å². The lowest BCUT2D eigenvalue weighted by atomic mass is 10.1. The fourth-order valence-electron chi connectivity index (χ4n) is 2.47. The molecule has 118 valence electrons. The molecular weight excluding hydrogens is 292 g/mol. The second-order valence-electron chi connectivity index (χ2n) is 5.14. The lowest BCUT2D eigenvalue weighted by molar-refractivity contribution is 0.0924. The van der Waals surface area contributed by atoms with Gasteiger partial charge in [0.05, 0.1) is 6.61 Å². The number of fused-ring (bicyclic) bond motifs is 1. The molecule has 1 N–H and O–H groups in total. The van der Waals surface area contributed by atoms with Crippen LogP contribution in [-0.4, -0.2) is 17.5 Å². The van der Waals surface area contributed by atoms with E-state index < -0.39 is 0 Å².